The lowest BCUT2D eigenvalue weighted by Gasteiger charge is -2.32. The van der Waals surface area contributed by atoms with Gasteiger partial charge in [-0.25, -0.2) is 13.8 Å². The molecule has 48 heavy (non-hydrogen) atoms. The molecule has 0 radical (unpaired) electrons. The molecule has 0 fully saturated rings. The highest BCUT2D eigenvalue weighted by Gasteiger charge is 2.54. The van der Waals surface area contributed by atoms with Gasteiger partial charge in [-0.3, -0.25) is 4.79 Å². The molecule has 1 aliphatic rings. The van der Waals surface area contributed by atoms with Crippen LogP contribution in [0.1, 0.15) is 40.3 Å². The van der Waals surface area contributed by atoms with Crippen LogP contribution in [0.3, 0.4) is 0 Å². The predicted octanol–water partition coefficient (Wildman–Crippen LogP) is 7.29. The lowest BCUT2D eigenvalue weighted by atomic mass is 9.80. The highest BCUT2D eigenvalue weighted by atomic mass is 19.1. The van der Waals surface area contributed by atoms with E-state index in [4.69, 9.17) is 25.1 Å². The molecular formula is C34H30F2N8O4. The molecule has 2 atom stereocenters. The fraction of sp³-hybridized carbons (Fsp3) is 0.235. The number of azide groups is 2. The van der Waals surface area contributed by atoms with Crippen LogP contribution in [0, 0.1) is 11.6 Å². The molecular weight excluding hydrogens is 622 g/mol. The number of nitrogens with one attached hydrogen (secondary N) is 1. The number of aliphatic hydroxyl groups is 1. The zero-order valence-corrected chi connectivity index (χ0v) is 25.5. The van der Waals surface area contributed by atoms with E-state index in [0.717, 1.165) is 18.2 Å². The van der Waals surface area contributed by atoms with Crippen molar-refractivity contribution in [2.75, 3.05) is 13.2 Å². The van der Waals surface area contributed by atoms with Gasteiger partial charge in [-0.05, 0) is 69.7 Å². The summed E-state index contributed by atoms with van der Waals surface area (Å²) < 4.78 is 40.3. The van der Waals surface area contributed by atoms with Crippen molar-refractivity contribution < 1.29 is 28.2 Å². The normalized spacial score (nSPS) is 16.6. The third-order valence-corrected chi connectivity index (χ3v) is 7.65. The molecule has 2 N–H and O–H groups in total. The second-order valence-electron chi connectivity index (χ2n) is 10.8. The van der Waals surface area contributed by atoms with Crippen molar-refractivity contribution in [3.8, 4) is 5.75 Å². The smallest absolute Gasteiger partial charge is 0.252 e. The molecule has 0 spiro atoms. The standard InChI is InChI=1S/C34H30F2N8O4/c35-26-16-22(17-27(36)18-26)20-39-33(46)34(19-24-6-2-4-9-30(24)42-44-38)31(29-8-3-1-7-25(29)21-40-43-37)48-32(41-34)23-10-12-28(13-11-23)47-15-5-14-45/h1-4,6-13,16-18,31,45H,5,14-15,19-21H2,(H,39,46)/t31-,34-/m1/s1. The Morgan fingerprint density at radius 3 is 2.40 bits per heavy atom. The number of aliphatic hydroxyl groups excluding tert-OH is 1. The third-order valence-electron chi connectivity index (χ3n) is 7.65. The first-order chi connectivity index (χ1) is 23.4. The number of carbonyl (C=O) groups excluding carboxylic acids is 1. The molecule has 244 valence electrons. The Labute approximate surface area is 273 Å². The average molecular weight is 653 g/mol. The van der Waals surface area contributed by atoms with Crippen LogP contribution in [0.25, 0.3) is 20.9 Å². The topological polar surface area (TPSA) is 178 Å². The highest BCUT2D eigenvalue weighted by molar-refractivity contribution is 6.01. The van der Waals surface area contributed by atoms with Crippen LogP contribution in [0.4, 0.5) is 14.5 Å². The molecule has 1 amide bonds. The molecule has 0 bridgehead atoms. The zero-order valence-electron chi connectivity index (χ0n) is 25.5. The van der Waals surface area contributed by atoms with Crippen LogP contribution in [-0.2, 0) is 29.0 Å². The first-order valence-corrected chi connectivity index (χ1v) is 14.9. The van der Waals surface area contributed by atoms with Gasteiger partial charge in [0.2, 0.25) is 5.90 Å². The zero-order chi connectivity index (χ0) is 33.9. The van der Waals surface area contributed by atoms with E-state index in [1.54, 1.807) is 72.8 Å². The van der Waals surface area contributed by atoms with Crippen LogP contribution in [0.15, 0.2) is 106 Å². The van der Waals surface area contributed by atoms with Gasteiger partial charge in [0.15, 0.2) is 11.6 Å². The molecule has 5 rings (SSSR count). The van der Waals surface area contributed by atoms with Crippen LogP contribution in [0.2, 0.25) is 0 Å². The maximum atomic E-state index is 14.6. The molecule has 4 aromatic carbocycles. The van der Waals surface area contributed by atoms with Crippen LogP contribution >= 0.6 is 0 Å². The molecule has 1 heterocycles. The molecule has 1 aliphatic heterocycles. The van der Waals surface area contributed by atoms with Crippen molar-refractivity contribution in [2.45, 2.75) is 37.6 Å². The van der Waals surface area contributed by atoms with E-state index in [0.29, 0.717) is 41.0 Å². The SMILES string of the molecule is [N-]=[N+]=NCc1ccccc1[C@H]1OC(c2ccc(OCCCO)cc2)=N[C@@]1(Cc1ccccc1N=[N+]=[N-])C(=O)NCc1cc(F)cc(F)c1. The minimum absolute atomic E-state index is 0.00756. The molecule has 14 heteroatoms. The van der Waals surface area contributed by atoms with E-state index in [2.05, 4.69) is 25.4 Å². The van der Waals surface area contributed by atoms with Crippen molar-refractivity contribution in [2.24, 2.45) is 15.2 Å². The number of ether oxygens (including phenoxy) is 2. The van der Waals surface area contributed by atoms with Gasteiger partial charge in [-0.15, -0.1) is 0 Å². The van der Waals surface area contributed by atoms with Gasteiger partial charge in [-0.2, -0.15) is 0 Å². The van der Waals surface area contributed by atoms with Gasteiger partial charge in [-0.1, -0.05) is 58.8 Å². The summed E-state index contributed by atoms with van der Waals surface area (Å²) in [5, 5.41) is 19.4. The lowest BCUT2D eigenvalue weighted by Crippen LogP contribution is -2.50. The third kappa shape index (κ3) is 7.71. The van der Waals surface area contributed by atoms with Gasteiger partial charge in [0, 0.05) is 53.1 Å². The van der Waals surface area contributed by atoms with E-state index in [1.165, 1.54) is 0 Å². The van der Waals surface area contributed by atoms with Gasteiger partial charge in [0.1, 0.15) is 17.4 Å². The summed E-state index contributed by atoms with van der Waals surface area (Å²) in [6.45, 7) is 0.0369. The van der Waals surface area contributed by atoms with Crippen LogP contribution < -0.4 is 10.1 Å². The Morgan fingerprint density at radius 2 is 1.69 bits per heavy atom. The first-order valence-electron chi connectivity index (χ1n) is 14.9. The van der Waals surface area contributed by atoms with Gasteiger partial charge < -0.3 is 19.9 Å². The predicted molar refractivity (Wildman–Crippen MR) is 173 cm³/mol. The summed E-state index contributed by atoms with van der Waals surface area (Å²) in [6.07, 6.45) is -0.745. The van der Waals surface area contributed by atoms with Gasteiger partial charge >= 0.3 is 0 Å². The summed E-state index contributed by atoms with van der Waals surface area (Å²) >= 11 is 0. The number of benzene rings is 4. The second-order valence-corrected chi connectivity index (χ2v) is 10.8. The Kier molecular flexibility index (Phi) is 10.8. The summed E-state index contributed by atoms with van der Waals surface area (Å²) in [4.78, 5) is 25.3. The average Bonchev–Trinajstić information content (AvgIpc) is 3.47. The number of carbonyl (C=O) groups is 1. The van der Waals surface area contributed by atoms with E-state index in [1.807, 2.05) is 0 Å². The van der Waals surface area contributed by atoms with Crippen molar-refractivity contribution >= 4 is 17.5 Å². The number of hydrogen-bond acceptors (Lipinski definition) is 7. The van der Waals surface area contributed by atoms with Gasteiger partial charge in [0.05, 0.1) is 13.2 Å². The molecule has 4 aromatic rings. The number of nitrogens with zero attached hydrogens (tertiary/aromatic N) is 7. The van der Waals surface area contributed by atoms with E-state index in [-0.39, 0.29) is 43.3 Å². The number of rotatable bonds is 14. The van der Waals surface area contributed by atoms with Crippen LogP contribution in [-0.4, -0.2) is 35.7 Å². The van der Waals surface area contributed by atoms with Crippen molar-refractivity contribution in [3.05, 3.63) is 151 Å². The van der Waals surface area contributed by atoms with Crippen molar-refractivity contribution in [1.82, 2.24) is 5.32 Å². The minimum Gasteiger partial charge on any atom is -0.494 e. The van der Waals surface area contributed by atoms with Crippen molar-refractivity contribution in [1.29, 1.82) is 0 Å². The minimum atomic E-state index is -1.76. The quantitative estimate of drug-likeness (QED) is 0.0629. The number of hydrogen-bond donors (Lipinski definition) is 2. The Hall–Kier alpha value is -5.94. The molecule has 0 saturated heterocycles. The molecule has 0 saturated carbocycles. The second kappa shape index (κ2) is 15.6. The number of aliphatic imine (C=N–C) groups is 1. The summed E-state index contributed by atoms with van der Waals surface area (Å²) in [5.41, 5.74) is 19.1. The van der Waals surface area contributed by atoms with E-state index >= 15 is 0 Å². The van der Waals surface area contributed by atoms with E-state index in [9.17, 15) is 19.1 Å². The maximum absolute atomic E-state index is 14.6. The van der Waals surface area contributed by atoms with Crippen LogP contribution in [0.5, 0.6) is 5.75 Å². The number of halogens is 2. The summed E-state index contributed by atoms with van der Waals surface area (Å²) in [7, 11) is 0. The molecule has 0 unspecified atom stereocenters. The Morgan fingerprint density at radius 1 is 0.979 bits per heavy atom. The molecule has 0 aromatic heterocycles. The monoisotopic (exact) mass is 652 g/mol. The van der Waals surface area contributed by atoms with Crippen molar-refractivity contribution in [3.63, 3.8) is 0 Å². The fourth-order valence-electron chi connectivity index (χ4n) is 5.45. The largest absolute Gasteiger partial charge is 0.494 e. The maximum Gasteiger partial charge on any atom is 0.252 e. The first kappa shape index (κ1) is 33.4. The van der Waals surface area contributed by atoms with Gasteiger partial charge in [0.25, 0.3) is 5.91 Å². The fourth-order valence-corrected chi connectivity index (χ4v) is 5.45. The summed E-state index contributed by atoms with van der Waals surface area (Å²) in [6, 6.07) is 23.5. The lowest BCUT2D eigenvalue weighted by molar-refractivity contribution is -0.129. The summed E-state index contributed by atoms with van der Waals surface area (Å²) in [5.74, 6) is -1.55. The molecule has 0 aliphatic carbocycles. The Bertz CT molecular complexity index is 1890. The molecule has 12 nitrogen and oxygen atoms in total. The van der Waals surface area contributed by atoms with E-state index < -0.39 is 29.2 Å². The number of amides is 1. The highest BCUT2D eigenvalue weighted by Crippen LogP contribution is 2.45. The Balaban J connectivity index is 1.65.